The second-order valence-electron chi connectivity index (χ2n) is 5.32. The van der Waals surface area contributed by atoms with Crippen LogP contribution in [0.3, 0.4) is 0 Å². The van der Waals surface area contributed by atoms with Gasteiger partial charge in [0.15, 0.2) is 0 Å². The summed E-state index contributed by atoms with van der Waals surface area (Å²) in [5.74, 6) is -0.125. The second-order valence-corrected chi connectivity index (χ2v) is 7.47. The molecule has 2 N–H and O–H groups in total. The lowest BCUT2D eigenvalue weighted by Gasteiger charge is -2.15. The first-order chi connectivity index (χ1) is 11.3. The molecule has 128 valence electrons. The molecule has 2 rings (SSSR count). The Bertz CT molecular complexity index is 803. The van der Waals surface area contributed by atoms with E-state index in [2.05, 4.69) is 10.0 Å². The summed E-state index contributed by atoms with van der Waals surface area (Å²) in [7, 11) is -3.66. The average molecular weight is 367 g/mol. The maximum absolute atomic E-state index is 12.4. The van der Waals surface area contributed by atoms with Crippen LogP contribution < -0.4 is 10.0 Å². The monoisotopic (exact) mass is 366 g/mol. The van der Waals surface area contributed by atoms with Gasteiger partial charge < -0.3 is 5.32 Å². The maximum Gasteiger partial charge on any atom is 0.241 e. The standard InChI is InChI=1S/C17H19ClN2O3S/c1-3-17(21)19-15-8-10-16(11-9-15)24(22,23)20-12(2)13-4-6-14(18)7-5-13/h4-12,20H,3H2,1-2H3,(H,19,21). The number of sulfonamides is 1. The van der Waals surface area contributed by atoms with Gasteiger partial charge in [-0.05, 0) is 48.9 Å². The highest BCUT2D eigenvalue weighted by molar-refractivity contribution is 7.89. The van der Waals surface area contributed by atoms with Crippen molar-refractivity contribution in [2.24, 2.45) is 0 Å². The molecular formula is C17H19ClN2O3S. The van der Waals surface area contributed by atoms with Gasteiger partial charge in [0.2, 0.25) is 15.9 Å². The van der Waals surface area contributed by atoms with Crippen LogP contribution in [-0.2, 0) is 14.8 Å². The molecule has 0 aliphatic rings. The van der Waals surface area contributed by atoms with Crippen LogP contribution in [0.25, 0.3) is 0 Å². The summed E-state index contributed by atoms with van der Waals surface area (Å²) in [6.07, 6.45) is 0.361. The van der Waals surface area contributed by atoms with Crippen molar-refractivity contribution in [3.8, 4) is 0 Å². The van der Waals surface area contributed by atoms with Crippen molar-refractivity contribution in [3.63, 3.8) is 0 Å². The molecular weight excluding hydrogens is 348 g/mol. The van der Waals surface area contributed by atoms with Gasteiger partial charge in [-0.2, -0.15) is 0 Å². The zero-order valence-electron chi connectivity index (χ0n) is 13.4. The highest BCUT2D eigenvalue weighted by Crippen LogP contribution is 2.20. The summed E-state index contributed by atoms with van der Waals surface area (Å²) in [5, 5.41) is 3.27. The van der Waals surface area contributed by atoms with Crippen LogP contribution in [0.15, 0.2) is 53.4 Å². The number of carbonyl (C=O) groups excluding carboxylic acids is 1. The number of nitrogens with one attached hydrogen (secondary N) is 2. The molecule has 1 atom stereocenters. The number of carbonyl (C=O) groups is 1. The van der Waals surface area contributed by atoms with Crippen molar-refractivity contribution in [1.29, 1.82) is 0 Å². The Morgan fingerprint density at radius 2 is 1.67 bits per heavy atom. The molecule has 0 aromatic heterocycles. The molecule has 7 heteroatoms. The molecule has 1 unspecified atom stereocenters. The third-order valence-electron chi connectivity index (χ3n) is 3.47. The highest BCUT2D eigenvalue weighted by atomic mass is 35.5. The van der Waals surface area contributed by atoms with Gasteiger partial charge >= 0.3 is 0 Å². The minimum absolute atomic E-state index is 0.125. The fourth-order valence-electron chi connectivity index (χ4n) is 2.09. The second kappa shape index (κ2) is 7.79. The maximum atomic E-state index is 12.4. The lowest BCUT2D eigenvalue weighted by atomic mass is 10.1. The molecule has 24 heavy (non-hydrogen) atoms. The zero-order chi connectivity index (χ0) is 17.7. The van der Waals surface area contributed by atoms with Gasteiger partial charge in [0.05, 0.1) is 4.90 Å². The van der Waals surface area contributed by atoms with Crippen LogP contribution in [-0.4, -0.2) is 14.3 Å². The third kappa shape index (κ3) is 4.80. The lowest BCUT2D eigenvalue weighted by molar-refractivity contribution is -0.115. The number of benzene rings is 2. The first-order valence-corrected chi connectivity index (χ1v) is 9.35. The Morgan fingerprint density at radius 3 is 2.21 bits per heavy atom. The molecule has 0 aliphatic carbocycles. The Labute approximate surface area is 147 Å². The van der Waals surface area contributed by atoms with Crippen LogP contribution >= 0.6 is 11.6 Å². The van der Waals surface area contributed by atoms with Crippen LogP contribution in [0.5, 0.6) is 0 Å². The molecule has 0 radical (unpaired) electrons. The van der Waals surface area contributed by atoms with Gasteiger partial charge in [-0.15, -0.1) is 0 Å². The van der Waals surface area contributed by atoms with Crippen molar-refractivity contribution < 1.29 is 13.2 Å². The van der Waals surface area contributed by atoms with E-state index in [9.17, 15) is 13.2 Å². The number of rotatable bonds is 6. The number of anilines is 1. The molecule has 0 fully saturated rings. The van der Waals surface area contributed by atoms with E-state index in [1.54, 1.807) is 50.2 Å². The SMILES string of the molecule is CCC(=O)Nc1ccc(S(=O)(=O)NC(C)c2ccc(Cl)cc2)cc1. The van der Waals surface area contributed by atoms with Gasteiger partial charge in [0, 0.05) is 23.2 Å². The van der Waals surface area contributed by atoms with E-state index in [0.29, 0.717) is 17.1 Å². The summed E-state index contributed by atoms with van der Waals surface area (Å²) in [6.45, 7) is 3.51. The van der Waals surface area contributed by atoms with Crippen molar-refractivity contribution in [3.05, 3.63) is 59.1 Å². The van der Waals surface area contributed by atoms with Crippen LogP contribution in [0.2, 0.25) is 5.02 Å². The average Bonchev–Trinajstić information content (AvgIpc) is 2.55. The molecule has 0 heterocycles. The minimum atomic E-state index is -3.66. The molecule has 0 saturated heterocycles. The lowest BCUT2D eigenvalue weighted by Crippen LogP contribution is -2.26. The summed E-state index contributed by atoms with van der Waals surface area (Å²) >= 11 is 5.84. The number of halogens is 1. The van der Waals surface area contributed by atoms with E-state index >= 15 is 0 Å². The van der Waals surface area contributed by atoms with Crippen molar-refractivity contribution in [1.82, 2.24) is 4.72 Å². The Morgan fingerprint density at radius 1 is 1.08 bits per heavy atom. The Balaban J connectivity index is 2.12. The quantitative estimate of drug-likeness (QED) is 0.817. The number of hydrogen-bond acceptors (Lipinski definition) is 3. The molecule has 0 spiro atoms. The molecule has 0 aliphatic heterocycles. The summed E-state index contributed by atoms with van der Waals surface area (Å²) in [5.41, 5.74) is 1.38. The van der Waals surface area contributed by atoms with E-state index in [1.807, 2.05) is 0 Å². The largest absolute Gasteiger partial charge is 0.326 e. The van der Waals surface area contributed by atoms with E-state index in [4.69, 9.17) is 11.6 Å². The topological polar surface area (TPSA) is 75.3 Å². The van der Waals surface area contributed by atoms with E-state index in [1.165, 1.54) is 12.1 Å². The van der Waals surface area contributed by atoms with Crippen molar-refractivity contribution >= 4 is 33.2 Å². The first-order valence-electron chi connectivity index (χ1n) is 7.49. The Kier molecular flexibility index (Phi) is 5.99. The smallest absolute Gasteiger partial charge is 0.241 e. The zero-order valence-corrected chi connectivity index (χ0v) is 15.0. The molecule has 5 nitrogen and oxygen atoms in total. The molecule has 0 saturated carbocycles. The van der Waals surface area contributed by atoms with Crippen molar-refractivity contribution in [2.45, 2.75) is 31.2 Å². The summed E-state index contributed by atoms with van der Waals surface area (Å²) < 4.78 is 27.5. The summed E-state index contributed by atoms with van der Waals surface area (Å²) in [4.78, 5) is 11.5. The van der Waals surface area contributed by atoms with Gasteiger partial charge in [0.25, 0.3) is 0 Å². The predicted molar refractivity (Wildman–Crippen MR) is 95.6 cm³/mol. The summed E-state index contributed by atoms with van der Waals surface area (Å²) in [6, 6.07) is 12.6. The first kappa shape index (κ1) is 18.4. The fraction of sp³-hybridized carbons (Fsp3) is 0.235. The van der Waals surface area contributed by atoms with Gasteiger partial charge in [0.1, 0.15) is 0 Å². The third-order valence-corrected chi connectivity index (χ3v) is 5.28. The Hall–Kier alpha value is -1.89. The molecule has 1 amide bonds. The predicted octanol–water partition coefficient (Wildman–Crippen LogP) is 3.73. The minimum Gasteiger partial charge on any atom is -0.326 e. The van der Waals surface area contributed by atoms with E-state index in [0.717, 1.165) is 5.56 Å². The van der Waals surface area contributed by atoms with Crippen LogP contribution in [0.4, 0.5) is 5.69 Å². The van der Waals surface area contributed by atoms with Crippen LogP contribution in [0.1, 0.15) is 31.9 Å². The van der Waals surface area contributed by atoms with Gasteiger partial charge in [-0.25, -0.2) is 13.1 Å². The van der Waals surface area contributed by atoms with Gasteiger partial charge in [-0.1, -0.05) is 30.7 Å². The van der Waals surface area contributed by atoms with Crippen LogP contribution in [0, 0.1) is 0 Å². The fourth-order valence-corrected chi connectivity index (χ4v) is 3.45. The molecule has 0 bridgehead atoms. The normalized spacial score (nSPS) is 12.6. The highest BCUT2D eigenvalue weighted by Gasteiger charge is 2.18. The van der Waals surface area contributed by atoms with E-state index < -0.39 is 16.1 Å². The van der Waals surface area contributed by atoms with Crippen molar-refractivity contribution in [2.75, 3.05) is 5.32 Å². The number of hydrogen-bond donors (Lipinski definition) is 2. The van der Waals surface area contributed by atoms with E-state index in [-0.39, 0.29) is 10.8 Å². The van der Waals surface area contributed by atoms with Gasteiger partial charge in [-0.3, -0.25) is 4.79 Å². The molecule has 2 aromatic carbocycles. The molecule has 2 aromatic rings. The number of amides is 1.